The fourth-order valence-electron chi connectivity index (χ4n) is 1.92. The summed E-state index contributed by atoms with van der Waals surface area (Å²) in [6, 6.07) is 5.20. The maximum absolute atomic E-state index is 12.0. The molecule has 0 saturated heterocycles. The molecule has 0 aliphatic rings. The van der Waals surface area contributed by atoms with Crippen LogP contribution in [-0.4, -0.2) is 24.1 Å². The molecule has 1 unspecified atom stereocenters. The highest BCUT2D eigenvalue weighted by Gasteiger charge is 2.14. The molecule has 1 aromatic carbocycles. The van der Waals surface area contributed by atoms with Gasteiger partial charge in [0.1, 0.15) is 0 Å². The van der Waals surface area contributed by atoms with E-state index >= 15 is 0 Å². The van der Waals surface area contributed by atoms with E-state index in [2.05, 4.69) is 17.2 Å². The Hall–Kier alpha value is -2.08. The van der Waals surface area contributed by atoms with Gasteiger partial charge in [0.2, 0.25) is 0 Å². The minimum absolute atomic E-state index is 0.262. The number of carbonyl (C=O) groups is 1. The van der Waals surface area contributed by atoms with E-state index in [0.717, 1.165) is 10.7 Å². The Balaban J connectivity index is 2.10. The van der Waals surface area contributed by atoms with Crippen LogP contribution in [0.5, 0.6) is 0 Å². The van der Waals surface area contributed by atoms with Crippen LogP contribution >= 0.6 is 11.3 Å². The second-order valence-corrected chi connectivity index (χ2v) is 5.60. The largest absolute Gasteiger partial charge is 0.462 e. The van der Waals surface area contributed by atoms with Crippen molar-refractivity contribution in [3.05, 3.63) is 40.3 Å². The molecule has 1 heterocycles. The van der Waals surface area contributed by atoms with Gasteiger partial charge < -0.3 is 15.8 Å². The molecule has 0 bridgehead atoms. The Labute approximate surface area is 128 Å². The van der Waals surface area contributed by atoms with E-state index < -0.39 is 0 Å². The summed E-state index contributed by atoms with van der Waals surface area (Å²) in [6.07, 6.45) is 1.80. The number of nitrogen functional groups attached to an aromatic ring is 1. The second kappa shape index (κ2) is 7.08. The van der Waals surface area contributed by atoms with Crippen molar-refractivity contribution in [3.8, 4) is 0 Å². The van der Waals surface area contributed by atoms with Crippen LogP contribution in [0.15, 0.2) is 29.8 Å². The number of hydrogen-bond donors (Lipinski definition) is 2. The van der Waals surface area contributed by atoms with E-state index in [4.69, 9.17) is 10.5 Å². The van der Waals surface area contributed by atoms with Crippen molar-refractivity contribution in [3.63, 3.8) is 0 Å². The predicted octanol–water partition coefficient (Wildman–Crippen LogP) is 3.12. The number of nitrogens with zero attached hydrogens (tertiary/aromatic N) is 1. The molecular formula is C15H19N3O2S. The smallest absolute Gasteiger partial charge is 0.340 e. The summed E-state index contributed by atoms with van der Waals surface area (Å²) >= 11 is 1.62. The molecule has 2 rings (SSSR count). The molecule has 0 aliphatic carbocycles. The van der Waals surface area contributed by atoms with E-state index in [0.29, 0.717) is 24.4 Å². The predicted molar refractivity (Wildman–Crippen MR) is 85.8 cm³/mol. The highest BCUT2D eigenvalue weighted by molar-refractivity contribution is 7.09. The number of nitrogens with one attached hydrogen (secondary N) is 1. The van der Waals surface area contributed by atoms with Crippen molar-refractivity contribution in [1.29, 1.82) is 0 Å². The number of carbonyl (C=O) groups excluding carboxylic acids is 1. The van der Waals surface area contributed by atoms with Gasteiger partial charge in [-0.05, 0) is 25.1 Å². The van der Waals surface area contributed by atoms with E-state index in [1.165, 1.54) is 0 Å². The van der Waals surface area contributed by atoms with Crippen LogP contribution < -0.4 is 11.1 Å². The monoisotopic (exact) mass is 305 g/mol. The van der Waals surface area contributed by atoms with Crippen molar-refractivity contribution in [2.24, 2.45) is 0 Å². The fraction of sp³-hybridized carbons (Fsp3) is 0.333. The van der Waals surface area contributed by atoms with Gasteiger partial charge in [-0.25, -0.2) is 9.78 Å². The first kappa shape index (κ1) is 15.3. The van der Waals surface area contributed by atoms with E-state index in [1.807, 2.05) is 5.38 Å². The molecule has 2 aromatic rings. The lowest BCUT2D eigenvalue weighted by Gasteiger charge is -2.14. The summed E-state index contributed by atoms with van der Waals surface area (Å²) in [5, 5.41) is 6.30. The number of thiazole rings is 1. The van der Waals surface area contributed by atoms with Crippen molar-refractivity contribution in [2.45, 2.75) is 19.8 Å². The Kier molecular flexibility index (Phi) is 5.16. The number of anilines is 2. The van der Waals surface area contributed by atoms with E-state index in [9.17, 15) is 4.79 Å². The Bertz CT molecular complexity index is 599. The number of benzene rings is 1. The van der Waals surface area contributed by atoms with Gasteiger partial charge in [0.15, 0.2) is 0 Å². The third-order valence-electron chi connectivity index (χ3n) is 3.01. The molecule has 0 saturated carbocycles. The van der Waals surface area contributed by atoms with Crippen LogP contribution in [0.4, 0.5) is 11.4 Å². The topological polar surface area (TPSA) is 77.2 Å². The molecule has 0 spiro atoms. The van der Waals surface area contributed by atoms with Gasteiger partial charge in [0.25, 0.3) is 0 Å². The van der Waals surface area contributed by atoms with Gasteiger partial charge in [0.05, 0.1) is 17.2 Å². The molecule has 6 heteroatoms. The van der Waals surface area contributed by atoms with Gasteiger partial charge in [-0.3, -0.25) is 0 Å². The van der Waals surface area contributed by atoms with E-state index in [1.54, 1.807) is 42.7 Å². The Morgan fingerprint density at radius 2 is 2.33 bits per heavy atom. The van der Waals surface area contributed by atoms with Crippen LogP contribution in [0.3, 0.4) is 0 Å². The van der Waals surface area contributed by atoms with Crippen LogP contribution in [0, 0.1) is 0 Å². The molecule has 1 atom stereocenters. The number of nitrogens with two attached hydrogens (primary N) is 1. The lowest BCUT2D eigenvalue weighted by Crippen LogP contribution is -2.14. The first-order chi connectivity index (χ1) is 10.1. The van der Waals surface area contributed by atoms with Crippen molar-refractivity contribution in [1.82, 2.24) is 4.98 Å². The molecule has 1 aromatic heterocycles. The standard InChI is InChI=1S/C15H19N3O2S/c1-3-20-15(19)12-8-11(16)4-5-13(12)18-9-10(2)14-17-6-7-21-14/h4-8,10,18H,3,9,16H2,1-2H3. The van der Waals surface area contributed by atoms with Crippen LogP contribution in [-0.2, 0) is 4.74 Å². The molecule has 0 aliphatic heterocycles. The third-order valence-corrected chi connectivity index (χ3v) is 4.02. The minimum atomic E-state index is -0.366. The van der Waals surface area contributed by atoms with Crippen LogP contribution in [0.2, 0.25) is 0 Å². The molecule has 0 radical (unpaired) electrons. The van der Waals surface area contributed by atoms with Gasteiger partial charge in [-0.2, -0.15) is 0 Å². The molecule has 21 heavy (non-hydrogen) atoms. The molecule has 0 amide bonds. The van der Waals surface area contributed by atoms with Crippen LogP contribution in [0.1, 0.15) is 35.1 Å². The first-order valence-corrected chi connectivity index (χ1v) is 7.69. The van der Waals surface area contributed by atoms with Crippen molar-refractivity contribution in [2.75, 3.05) is 24.2 Å². The highest BCUT2D eigenvalue weighted by atomic mass is 32.1. The number of aromatic nitrogens is 1. The first-order valence-electron chi connectivity index (χ1n) is 6.81. The number of esters is 1. The summed E-state index contributed by atoms with van der Waals surface area (Å²) < 4.78 is 5.06. The minimum Gasteiger partial charge on any atom is -0.462 e. The molecule has 0 fully saturated rings. The maximum Gasteiger partial charge on any atom is 0.340 e. The second-order valence-electron chi connectivity index (χ2n) is 4.68. The normalized spacial score (nSPS) is 11.9. The average Bonchev–Trinajstić information content (AvgIpc) is 3.00. The maximum atomic E-state index is 12.0. The zero-order valence-electron chi connectivity index (χ0n) is 12.1. The molecule has 112 valence electrons. The lowest BCUT2D eigenvalue weighted by atomic mass is 10.1. The van der Waals surface area contributed by atoms with Crippen molar-refractivity contribution < 1.29 is 9.53 Å². The summed E-state index contributed by atoms with van der Waals surface area (Å²) in [5.74, 6) is -0.105. The summed E-state index contributed by atoms with van der Waals surface area (Å²) in [5.41, 5.74) is 7.48. The lowest BCUT2D eigenvalue weighted by molar-refractivity contribution is 0.0527. The SMILES string of the molecule is CCOC(=O)c1cc(N)ccc1NCC(C)c1nccs1. The third kappa shape index (κ3) is 3.95. The summed E-state index contributed by atoms with van der Waals surface area (Å²) in [4.78, 5) is 16.3. The van der Waals surface area contributed by atoms with Gasteiger partial charge >= 0.3 is 5.97 Å². The van der Waals surface area contributed by atoms with Gasteiger partial charge in [-0.1, -0.05) is 6.92 Å². The molecule has 3 N–H and O–H groups in total. The summed E-state index contributed by atoms with van der Waals surface area (Å²) in [7, 11) is 0. The quantitative estimate of drug-likeness (QED) is 0.633. The Morgan fingerprint density at radius 3 is 3.00 bits per heavy atom. The van der Waals surface area contributed by atoms with Crippen molar-refractivity contribution >= 4 is 28.7 Å². The van der Waals surface area contributed by atoms with E-state index in [-0.39, 0.29) is 11.9 Å². The highest BCUT2D eigenvalue weighted by Crippen LogP contribution is 2.23. The Morgan fingerprint density at radius 1 is 1.52 bits per heavy atom. The van der Waals surface area contributed by atoms with Gasteiger partial charge in [-0.15, -0.1) is 11.3 Å². The zero-order valence-corrected chi connectivity index (χ0v) is 12.9. The zero-order chi connectivity index (χ0) is 15.2. The average molecular weight is 305 g/mol. The number of rotatable bonds is 6. The van der Waals surface area contributed by atoms with Gasteiger partial charge in [0, 0.05) is 35.4 Å². The molecular weight excluding hydrogens is 286 g/mol. The molecule has 5 nitrogen and oxygen atoms in total. The fourth-order valence-corrected chi connectivity index (χ4v) is 2.62. The summed E-state index contributed by atoms with van der Waals surface area (Å²) in [6.45, 7) is 4.89. The number of ether oxygens (including phenoxy) is 1. The number of hydrogen-bond acceptors (Lipinski definition) is 6. The van der Waals surface area contributed by atoms with Crippen LogP contribution in [0.25, 0.3) is 0 Å².